The van der Waals surface area contributed by atoms with Crippen LogP contribution in [0, 0.1) is 0 Å². The number of nitrogens with one attached hydrogen (secondary N) is 2. The van der Waals surface area contributed by atoms with Crippen molar-refractivity contribution in [2.75, 3.05) is 0 Å². The average Bonchev–Trinajstić information content (AvgIpc) is 2.36. The van der Waals surface area contributed by atoms with E-state index in [0.29, 0.717) is 12.6 Å². The summed E-state index contributed by atoms with van der Waals surface area (Å²) in [5.74, 6) is -2.21. The van der Waals surface area contributed by atoms with E-state index >= 15 is 0 Å². The first kappa shape index (κ1) is 15.7. The lowest BCUT2D eigenvalue weighted by molar-refractivity contribution is -0.203. The maximum absolute atomic E-state index is 12.6. The molecule has 0 bridgehead atoms. The first-order valence-corrected chi connectivity index (χ1v) is 5.29. The highest BCUT2D eigenvalue weighted by Crippen LogP contribution is 2.30. The molecule has 110 valence electrons. The van der Waals surface area contributed by atoms with Crippen LogP contribution in [0.1, 0.15) is 12.6 Å². The smallest absolute Gasteiger partial charge is 0.422 e. The Labute approximate surface area is 111 Å². The predicted octanol–water partition coefficient (Wildman–Crippen LogP) is 0.681. The Morgan fingerprint density at radius 3 is 2.50 bits per heavy atom. The molecule has 1 heterocycles. The summed E-state index contributed by atoms with van der Waals surface area (Å²) in [6.07, 6.45) is -3.75. The van der Waals surface area contributed by atoms with Crippen LogP contribution in [0.2, 0.25) is 0 Å². The molecule has 0 aromatic carbocycles. The summed E-state index contributed by atoms with van der Waals surface area (Å²) in [7, 11) is 0. The molecule has 0 radical (unpaired) electrons. The van der Waals surface area contributed by atoms with Gasteiger partial charge in [0.25, 0.3) is 0 Å². The number of aromatic nitrogens is 2. The molecule has 10 heteroatoms. The first-order chi connectivity index (χ1) is 9.17. The fraction of sp³-hybridized carbons (Fsp3) is 0.400. The van der Waals surface area contributed by atoms with Crippen LogP contribution in [0.3, 0.4) is 0 Å². The van der Waals surface area contributed by atoms with Crippen molar-refractivity contribution in [1.29, 1.82) is 0 Å². The molecule has 0 aliphatic heterocycles. The van der Waals surface area contributed by atoms with Gasteiger partial charge >= 0.3 is 18.2 Å². The van der Waals surface area contributed by atoms with Gasteiger partial charge in [-0.15, -0.1) is 0 Å². The van der Waals surface area contributed by atoms with Gasteiger partial charge in [-0.1, -0.05) is 0 Å². The number of nitrogens with zero attached hydrogens (tertiary/aromatic N) is 2. The molecule has 0 aliphatic rings. The Kier molecular flexibility index (Phi) is 4.48. The van der Waals surface area contributed by atoms with Crippen molar-refractivity contribution in [3.63, 3.8) is 0 Å². The monoisotopic (exact) mass is 292 g/mol. The van der Waals surface area contributed by atoms with E-state index in [1.54, 1.807) is 0 Å². The van der Waals surface area contributed by atoms with Crippen LogP contribution in [-0.4, -0.2) is 39.0 Å². The molecule has 2 amide bonds. The van der Waals surface area contributed by atoms with Crippen LogP contribution in [0.5, 0.6) is 0 Å². The molecule has 0 aliphatic carbocycles. The molecule has 1 atom stereocenters. The molecule has 1 rings (SSSR count). The van der Waals surface area contributed by atoms with Crippen LogP contribution in [0.25, 0.3) is 0 Å². The fourth-order valence-electron chi connectivity index (χ4n) is 1.12. The number of hydrogen-bond acceptors (Lipinski definition) is 4. The molecule has 1 aromatic rings. The summed E-state index contributed by atoms with van der Waals surface area (Å²) in [6.45, 7) is 0.171. The Hall–Kier alpha value is -2.39. The second-order valence-electron chi connectivity index (χ2n) is 3.95. The minimum absolute atomic E-state index is 0.187. The number of alkyl halides is 3. The van der Waals surface area contributed by atoms with E-state index in [-0.39, 0.29) is 6.54 Å². The Bertz CT molecular complexity index is 494. The van der Waals surface area contributed by atoms with Gasteiger partial charge in [-0.25, -0.2) is 9.59 Å². The molecule has 7 nitrogen and oxygen atoms in total. The minimum Gasteiger partial charge on any atom is -0.479 e. The average molecular weight is 292 g/mol. The van der Waals surface area contributed by atoms with Gasteiger partial charge in [-0.3, -0.25) is 0 Å². The van der Waals surface area contributed by atoms with Crippen molar-refractivity contribution >= 4 is 12.0 Å². The van der Waals surface area contributed by atoms with Crippen molar-refractivity contribution < 1.29 is 27.9 Å². The third-order valence-electron chi connectivity index (χ3n) is 2.42. The van der Waals surface area contributed by atoms with Gasteiger partial charge in [0.05, 0.1) is 12.2 Å². The fourth-order valence-corrected chi connectivity index (χ4v) is 1.12. The normalized spacial score (nSPS) is 14.2. The summed E-state index contributed by atoms with van der Waals surface area (Å²) >= 11 is 0. The highest BCUT2D eigenvalue weighted by Gasteiger charge is 2.58. The third kappa shape index (κ3) is 3.56. The molecule has 20 heavy (non-hydrogen) atoms. The molecule has 1 unspecified atom stereocenters. The second kappa shape index (κ2) is 5.72. The van der Waals surface area contributed by atoms with Crippen LogP contribution in [0.15, 0.2) is 18.3 Å². The number of aliphatic carboxylic acids is 1. The number of amides is 2. The molecule has 1 aromatic heterocycles. The molecular weight excluding hydrogens is 281 g/mol. The number of carbonyl (C=O) groups excluding carboxylic acids is 1. The van der Waals surface area contributed by atoms with Crippen LogP contribution in [0.4, 0.5) is 18.0 Å². The SMILES string of the molecule is CC(NC(=O)NCc1cccnn1)(C(=O)O)C(F)(F)F. The number of carboxylic acids is 1. The van der Waals surface area contributed by atoms with E-state index in [1.165, 1.54) is 23.6 Å². The third-order valence-corrected chi connectivity index (χ3v) is 2.42. The minimum atomic E-state index is -5.14. The van der Waals surface area contributed by atoms with Crippen molar-refractivity contribution in [2.45, 2.75) is 25.2 Å². The van der Waals surface area contributed by atoms with Crippen LogP contribution >= 0.6 is 0 Å². The lowest BCUT2D eigenvalue weighted by Crippen LogP contribution is -2.63. The topological polar surface area (TPSA) is 104 Å². The Balaban J connectivity index is 2.67. The van der Waals surface area contributed by atoms with Gasteiger partial charge in [-0.2, -0.15) is 23.4 Å². The van der Waals surface area contributed by atoms with Crippen LogP contribution in [-0.2, 0) is 11.3 Å². The largest absolute Gasteiger partial charge is 0.479 e. The highest BCUT2D eigenvalue weighted by molar-refractivity contribution is 5.86. The number of urea groups is 1. The predicted molar refractivity (Wildman–Crippen MR) is 59.5 cm³/mol. The van der Waals surface area contributed by atoms with Gasteiger partial charge < -0.3 is 15.7 Å². The summed E-state index contributed by atoms with van der Waals surface area (Å²) in [4.78, 5) is 22.0. The van der Waals surface area contributed by atoms with E-state index in [1.807, 2.05) is 0 Å². The van der Waals surface area contributed by atoms with Gasteiger partial charge in [0, 0.05) is 6.20 Å². The molecule has 0 saturated heterocycles. The van der Waals surface area contributed by atoms with Crippen molar-refractivity contribution in [3.8, 4) is 0 Å². The standard InChI is InChI=1S/C10H11F3N4O3/c1-9(7(18)19,10(11,12)13)16-8(20)14-5-6-3-2-4-15-17-6/h2-4H,5H2,1H3,(H,18,19)(H2,14,16,20). The summed E-state index contributed by atoms with van der Waals surface area (Å²) in [5, 5.41) is 19.2. The zero-order valence-electron chi connectivity index (χ0n) is 10.2. The zero-order valence-corrected chi connectivity index (χ0v) is 10.2. The maximum Gasteiger partial charge on any atom is 0.422 e. The van der Waals surface area contributed by atoms with Gasteiger partial charge in [0.1, 0.15) is 0 Å². The number of hydrogen-bond donors (Lipinski definition) is 3. The van der Waals surface area contributed by atoms with Gasteiger partial charge in [0.15, 0.2) is 0 Å². The van der Waals surface area contributed by atoms with Gasteiger partial charge in [-0.05, 0) is 19.1 Å². The Morgan fingerprint density at radius 2 is 2.05 bits per heavy atom. The van der Waals surface area contributed by atoms with E-state index in [4.69, 9.17) is 5.11 Å². The van der Waals surface area contributed by atoms with E-state index in [2.05, 4.69) is 15.5 Å². The van der Waals surface area contributed by atoms with E-state index in [0.717, 1.165) is 0 Å². The Morgan fingerprint density at radius 1 is 1.40 bits per heavy atom. The highest BCUT2D eigenvalue weighted by atomic mass is 19.4. The number of carboxylic acid groups (broad SMARTS) is 1. The zero-order chi connectivity index (χ0) is 15.4. The molecule has 3 N–H and O–H groups in total. The molecule has 0 saturated carbocycles. The lowest BCUT2D eigenvalue weighted by atomic mass is 10.0. The number of halogens is 3. The second-order valence-corrected chi connectivity index (χ2v) is 3.95. The first-order valence-electron chi connectivity index (χ1n) is 5.29. The van der Waals surface area contributed by atoms with E-state index in [9.17, 15) is 22.8 Å². The lowest BCUT2D eigenvalue weighted by Gasteiger charge is -2.28. The van der Waals surface area contributed by atoms with Crippen molar-refractivity contribution in [2.24, 2.45) is 0 Å². The van der Waals surface area contributed by atoms with Gasteiger partial charge in [0.2, 0.25) is 5.54 Å². The summed E-state index contributed by atoms with van der Waals surface area (Å²) in [5.41, 5.74) is -3.06. The summed E-state index contributed by atoms with van der Waals surface area (Å²) in [6, 6.07) is 1.74. The van der Waals surface area contributed by atoms with Crippen molar-refractivity contribution in [1.82, 2.24) is 20.8 Å². The number of carbonyl (C=O) groups is 2. The molecule has 0 spiro atoms. The quantitative estimate of drug-likeness (QED) is 0.757. The number of rotatable bonds is 4. The molecule has 0 fully saturated rings. The summed E-state index contributed by atoms with van der Waals surface area (Å²) < 4.78 is 37.9. The molecular formula is C10H11F3N4O3. The van der Waals surface area contributed by atoms with E-state index < -0.39 is 23.7 Å². The van der Waals surface area contributed by atoms with Crippen molar-refractivity contribution in [3.05, 3.63) is 24.0 Å². The maximum atomic E-state index is 12.6. The van der Waals surface area contributed by atoms with Crippen LogP contribution < -0.4 is 10.6 Å².